The van der Waals surface area contributed by atoms with E-state index in [9.17, 15) is 14.4 Å². The van der Waals surface area contributed by atoms with E-state index in [4.69, 9.17) is 14.7 Å². The van der Waals surface area contributed by atoms with E-state index in [1.807, 2.05) is 12.3 Å². The van der Waals surface area contributed by atoms with Crippen molar-refractivity contribution in [2.45, 2.75) is 20.3 Å². The predicted molar refractivity (Wildman–Crippen MR) is 96.8 cm³/mol. The third kappa shape index (κ3) is 14.3. The molecule has 2 rings (SSSR count). The van der Waals surface area contributed by atoms with E-state index >= 15 is 0 Å². The van der Waals surface area contributed by atoms with E-state index in [1.165, 1.54) is 11.3 Å². The third-order valence-corrected chi connectivity index (χ3v) is 3.29. The van der Waals surface area contributed by atoms with Gasteiger partial charge in [-0.1, -0.05) is 19.4 Å². The molecule has 0 saturated carbocycles. The Bertz CT molecular complexity index is 843. The van der Waals surface area contributed by atoms with Crippen LogP contribution in [0.1, 0.15) is 30.8 Å². The van der Waals surface area contributed by atoms with Crippen LogP contribution in [0.5, 0.6) is 0 Å². The molecular formula is C17H18N2NaO8S-. The fourth-order valence-corrected chi connectivity index (χ4v) is 2.12. The minimum absolute atomic E-state index is 0. The Morgan fingerprint density at radius 2 is 2.00 bits per heavy atom. The zero-order valence-corrected chi connectivity index (χ0v) is 18.8. The number of aromatic carboxylic acids is 1. The summed E-state index contributed by atoms with van der Waals surface area (Å²) in [6, 6.07) is 4.52. The number of hydrogen-bond acceptors (Lipinski definition) is 9. The van der Waals surface area contributed by atoms with Crippen molar-refractivity contribution >= 4 is 29.4 Å². The number of allylic oxidation sites excluding steroid dienone is 1. The van der Waals surface area contributed by atoms with Crippen LogP contribution in [0.3, 0.4) is 0 Å². The Morgan fingerprint density at radius 3 is 2.45 bits per heavy atom. The summed E-state index contributed by atoms with van der Waals surface area (Å²) in [6.45, 7) is 4.13. The summed E-state index contributed by atoms with van der Waals surface area (Å²) >= 11 is 1.38. The maximum absolute atomic E-state index is 11.2. The summed E-state index contributed by atoms with van der Waals surface area (Å²) in [7, 11) is 0. The van der Waals surface area contributed by atoms with Gasteiger partial charge in [-0.25, -0.2) is 9.78 Å². The van der Waals surface area contributed by atoms with E-state index in [1.54, 1.807) is 25.1 Å². The van der Waals surface area contributed by atoms with Crippen LogP contribution in [0.2, 0.25) is 0 Å². The molecule has 2 heterocycles. The van der Waals surface area contributed by atoms with E-state index in [-0.39, 0.29) is 58.7 Å². The number of carboxylic acid groups (broad SMARTS) is 1. The standard InChI is InChI=1S/C9H6N2O3S.C7H11O2.CO2.Na.H2O/c12-7-4-5(9(13)14)10-8(11-7)6-2-1-3-15-6;1-3-5-6-7(8)9-4-2;2-1-3;;/h1-4H,(H,13,14)(H,10,11,12);5H,3-4H2,1-2H3;;;1H2/q;-1;;+1;/p-1. The first-order valence-electron chi connectivity index (χ1n) is 7.52. The number of hydrogen-bond donors (Lipinski definition) is 2. The number of aromatic nitrogens is 2. The van der Waals surface area contributed by atoms with Gasteiger partial charge in [0.15, 0.2) is 11.5 Å². The van der Waals surface area contributed by atoms with Gasteiger partial charge < -0.3 is 26.4 Å². The Morgan fingerprint density at radius 1 is 1.38 bits per heavy atom. The molecule has 0 aliphatic carbocycles. The minimum Gasteiger partial charge on any atom is -0.870 e. The Labute approximate surface area is 192 Å². The number of aromatic amines is 1. The predicted octanol–water partition coefficient (Wildman–Crippen LogP) is -1.24. The Balaban J connectivity index is -0.000000421. The van der Waals surface area contributed by atoms with Crippen LogP contribution >= 0.6 is 11.3 Å². The molecule has 0 bridgehead atoms. The molecular weight excluding hydrogens is 415 g/mol. The maximum Gasteiger partial charge on any atom is 1.00 e. The first-order valence-corrected chi connectivity index (χ1v) is 8.40. The number of thiophene rings is 1. The molecule has 0 aromatic carbocycles. The van der Waals surface area contributed by atoms with Crippen LogP contribution < -0.4 is 35.1 Å². The second kappa shape index (κ2) is 18.9. The zero-order chi connectivity index (χ0) is 20.7. The average Bonchev–Trinajstić information content (AvgIpc) is 3.15. The number of nitrogens with one attached hydrogen (secondary N) is 1. The molecule has 0 unspecified atom stereocenters. The summed E-state index contributed by atoms with van der Waals surface area (Å²) in [4.78, 5) is 55.6. The van der Waals surface area contributed by atoms with Crippen molar-refractivity contribution in [2.75, 3.05) is 6.61 Å². The smallest absolute Gasteiger partial charge is 0.870 e. The molecule has 3 N–H and O–H groups in total. The Hall–Kier alpha value is -2.40. The largest absolute Gasteiger partial charge is 1.00 e. The summed E-state index contributed by atoms with van der Waals surface area (Å²) in [5.41, 5.74) is -0.715. The van der Waals surface area contributed by atoms with Gasteiger partial charge in [0, 0.05) is 6.07 Å². The second-order valence-electron chi connectivity index (χ2n) is 4.32. The van der Waals surface area contributed by atoms with Gasteiger partial charge in [-0.2, -0.15) is 9.59 Å². The monoisotopic (exact) mass is 433 g/mol. The van der Waals surface area contributed by atoms with Gasteiger partial charge >= 0.3 is 41.7 Å². The van der Waals surface area contributed by atoms with E-state index in [2.05, 4.69) is 20.8 Å². The topological polar surface area (TPSA) is 173 Å². The molecule has 0 radical (unpaired) electrons. The molecule has 29 heavy (non-hydrogen) atoms. The van der Waals surface area contributed by atoms with Crippen molar-refractivity contribution in [1.82, 2.24) is 9.97 Å². The first kappa shape index (κ1) is 31.3. The quantitative estimate of drug-likeness (QED) is 0.253. The summed E-state index contributed by atoms with van der Waals surface area (Å²) < 4.78 is 4.56. The molecule has 0 aliphatic heterocycles. The van der Waals surface area contributed by atoms with Crippen LogP contribution in [-0.2, 0) is 19.1 Å². The van der Waals surface area contributed by atoms with Crippen LogP contribution in [-0.4, -0.2) is 45.2 Å². The maximum atomic E-state index is 11.2. The number of carboxylic acids is 1. The molecule has 2 aromatic rings. The van der Waals surface area contributed by atoms with E-state index < -0.39 is 11.5 Å². The number of H-pyrrole nitrogens is 1. The van der Waals surface area contributed by atoms with Crippen LogP contribution in [0.4, 0.5) is 0 Å². The molecule has 0 fully saturated rings. The van der Waals surface area contributed by atoms with Gasteiger partial charge in [0.05, 0.1) is 11.5 Å². The second-order valence-corrected chi connectivity index (χ2v) is 5.27. The summed E-state index contributed by atoms with van der Waals surface area (Å²) in [5, 5.41) is 10.5. The number of nitrogens with zero attached hydrogens (tertiary/aromatic N) is 1. The number of carbonyl (C=O) groups is 2. The molecule has 2 aromatic heterocycles. The average molecular weight is 433 g/mol. The minimum atomic E-state index is -1.21. The van der Waals surface area contributed by atoms with Gasteiger partial charge in [0.1, 0.15) is 5.97 Å². The SMILES string of the molecule is CCC=[C-]C(=O)OCC.O=C(O)c1cc(=O)[nH]c(-c2cccs2)n1.O=C=O.[Na+].[OH-]. The van der Waals surface area contributed by atoms with E-state index in [0.29, 0.717) is 6.61 Å². The zero-order valence-electron chi connectivity index (χ0n) is 16.0. The van der Waals surface area contributed by atoms with Crippen LogP contribution in [0.15, 0.2) is 34.4 Å². The molecule has 0 amide bonds. The normalized spacial score (nSPS) is 8.62. The molecule has 0 spiro atoms. The fourth-order valence-electron chi connectivity index (χ4n) is 1.46. The molecule has 10 nitrogen and oxygen atoms in total. The number of esters is 1. The molecule has 0 atom stereocenters. The Kier molecular flexibility index (Phi) is 20.4. The van der Waals surface area contributed by atoms with Crippen molar-refractivity contribution in [3.8, 4) is 10.7 Å². The van der Waals surface area contributed by atoms with Crippen molar-refractivity contribution in [3.05, 3.63) is 51.8 Å². The molecule has 0 aliphatic rings. The van der Waals surface area contributed by atoms with Crippen molar-refractivity contribution in [2.24, 2.45) is 0 Å². The molecule has 0 saturated heterocycles. The van der Waals surface area contributed by atoms with Crippen molar-refractivity contribution in [1.29, 1.82) is 0 Å². The van der Waals surface area contributed by atoms with Crippen LogP contribution in [0.25, 0.3) is 10.7 Å². The summed E-state index contributed by atoms with van der Waals surface area (Å²) in [5.74, 6) is -1.30. The molecule has 12 heteroatoms. The first-order chi connectivity index (χ1) is 12.9. The fraction of sp³-hybridized carbons (Fsp3) is 0.235. The van der Waals surface area contributed by atoms with Gasteiger partial charge in [0.25, 0.3) is 5.56 Å². The number of carbonyl (C=O) groups excluding carboxylic acids is 3. The van der Waals surface area contributed by atoms with E-state index in [0.717, 1.165) is 17.4 Å². The number of rotatable bonds is 5. The van der Waals surface area contributed by atoms with Crippen molar-refractivity contribution < 1.29 is 64.1 Å². The van der Waals surface area contributed by atoms with Crippen molar-refractivity contribution in [3.63, 3.8) is 0 Å². The van der Waals surface area contributed by atoms with Crippen LogP contribution in [0, 0.1) is 6.08 Å². The van der Waals surface area contributed by atoms with Gasteiger partial charge in [-0.15, -0.1) is 11.3 Å². The van der Waals surface area contributed by atoms with Gasteiger partial charge in [-0.05, 0) is 18.4 Å². The third-order valence-electron chi connectivity index (χ3n) is 2.41. The van der Waals surface area contributed by atoms with Gasteiger partial charge in [-0.3, -0.25) is 15.7 Å². The van der Waals surface area contributed by atoms with Gasteiger partial charge in [0.2, 0.25) is 0 Å². The molecule has 152 valence electrons. The number of ether oxygens (including phenoxy) is 1. The summed E-state index contributed by atoms with van der Waals surface area (Å²) in [6.07, 6.45) is 5.17.